The van der Waals surface area contributed by atoms with E-state index < -0.39 is 5.97 Å². The van der Waals surface area contributed by atoms with Gasteiger partial charge in [0.05, 0.1) is 5.92 Å². The molecule has 2 aliphatic rings. The highest BCUT2D eigenvalue weighted by Crippen LogP contribution is 2.31. The first-order valence-corrected chi connectivity index (χ1v) is 4.92. The Morgan fingerprint density at radius 1 is 1.38 bits per heavy atom. The molecule has 0 saturated carbocycles. The maximum Gasteiger partial charge on any atom is 0.309 e. The van der Waals surface area contributed by atoms with Gasteiger partial charge >= 0.3 is 5.97 Å². The van der Waals surface area contributed by atoms with Crippen molar-refractivity contribution in [2.24, 2.45) is 11.7 Å². The van der Waals surface area contributed by atoms with E-state index in [-0.39, 0.29) is 18.0 Å². The van der Waals surface area contributed by atoms with E-state index in [9.17, 15) is 4.79 Å². The normalized spacial score (nSPS) is 40.2. The summed E-state index contributed by atoms with van der Waals surface area (Å²) in [5.74, 6) is -1.06. The molecular weight excluding hydrogens is 168 g/mol. The molecule has 3 atom stereocenters. The molecule has 13 heavy (non-hydrogen) atoms. The number of nitrogens with zero attached hydrogens (tertiary/aromatic N) is 1. The molecule has 0 aromatic heterocycles. The quantitative estimate of drug-likeness (QED) is 0.596. The standard InChI is InChI=1S/C9H16N2O2/c10-6-3-5-11-4-1-2-7(11)8(6)9(12)13/h6-8H,1-5,10H2,(H,12,13). The Labute approximate surface area is 77.7 Å². The van der Waals surface area contributed by atoms with E-state index in [0.29, 0.717) is 0 Å². The van der Waals surface area contributed by atoms with Crippen LogP contribution >= 0.6 is 0 Å². The zero-order chi connectivity index (χ0) is 9.42. The lowest BCUT2D eigenvalue weighted by Crippen LogP contribution is -2.54. The van der Waals surface area contributed by atoms with Crippen LogP contribution in [-0.4, -0.2) is 41.1 Å². The van der Waals surface area contributed by atoms with Crippen LogP contribution in [0.5, 0.6) is 0 Å². The minimum atomic E-state index is -0.718. The van der Waals surface area contributed by atoms with Gasteiger partial charge in [-0.05, 0) is 32.4 Å². The summed E-state index contributed by atoms with van der Waals surface area (Å²) in [5.41, 5.74) is 5.83. The summed E-state index contributed by atoms with van der Waals surface area (Å²) in [7, 11) is 0. The zero-order valence-corrected chi connectivity index (χ0v) is 7.65. The second-order valence-electron chi connectivity index (χ2n) is 4.06. The smallest absolute Gasteiger partial charge is 0.309 e. The van der Waals surface area contributed by atoms with Crippen molar-refractivity contribution in [3.63, 3.8) is 0 Å². The third-order valence-corrected chi connectivity index (χ3v) is 3.32. The van der Waals surface area contributed by atoms with Crippen LogP contribution in [0.4, 0.5) is 0 Å². The van der Waals surface area contributed by atoms with Gasteiger partial charge in [-0.2, -0.15) is 0 Å². The van der Waals surface area contributed by atoms with Crippen molar-refractivity contribution in [1.29, 1.82) is 0 Å². The molecule has 4 nitrogen and oxygen atoms in total. The molecule has 2 aliphatic heterocycles. The Morgan fingerprint density at radius 3 is 2.85 bits per heavy atom. The molecule has 0 amide bonds. The van der Waals surface area contributed by atoms with E-state index >= 15 is 0 Å². The van der Waals surface area contributed by atoms with Crippen LogP contribution in [0, 0.1) is 5.92 Å². The highest BCUT2D eigenvalue weighted by Gasteiger charge is 2.42. The molecular formula is C9H16N2O2. The van der Waals surface area contributed by atoms with Crippen LogP contribution in [-0.2, 0) is 4.79 Å². The van der Waals surface area contributed by atoms with Gasteiger partial charge in [0.2, 0.25) is 0 Å². The Hall–Kier alpha value is -0.610. The van der Waals surface area contributed by atoms with Crippen LogP contribution in [0.3, 0.4) is 0 Å². The lowest BCUT2D eigenvalue weighted by Gasteiger charge is -2.38. The molecule has 3 unspecified atom stereocenters. The van der Waals surface area contributed by atoms with Crippen LogP contribution in [0.2, 0.25) is 0 Å². The topological polar surface area (TPSA) is 66.6 Å². The minimum Gasteiger partial charge on any atom is -0.481 e. The second-order valence-corrected chi connectivity index (χ2v) is 4.06. The minimum absolute atomic E-state index is 0.142. The fraction of sp³-hybridized carbons (Fsp3) is 0.889. The Balaban J connectivity index is 2.15. The summed E-state index contributed by atoms with van der Waals surface area (Å²) in [6.07, 6.45) is 2.96. The molecule has 2 rings (SSSR count). The zero-order valence-electron chi connectivity index (χ0n) is 7.65. The summed E-state index contributed by atoms with van der Waals surface area (Å²) in [4.78, 5) is 13.3. The van der Waals surface area contributed by atoms with Gasteiger partial charge in [0.25, 0.3) is 0 Å². The molecule has 74 valence electrons. The SMILES string of the molecule is NC1CCN2CCCC2C1C(=O)O. The molecule has 2 fully saturated rings. The van der Waals surface area contributed by atoms with E-state index in [1.54, 1.807) is 0 Å². The predicted molar refractivity (Wildman–Crippen MR) is 48.3 cm³/mol. The molecule has 2 heterocycles. The fourth-order valence-electron chi connectivity index (χ4n) is 2.66. The molecule has 0 aromatic carbocycles. The van der Waals surface area contributed by atoms with Gasteiger partial charge in [0.1, 0.15) is 0 Å². The Morgan fingerprint density at radius 2 is 2.15 bits per heavy atom. The second kappa shape index (κ2) is 3.27. The number of rotatable bonds is 1. The number of fused-ring (bicyclic) bond motifs is 1. The summed E-state index contributed by atoms with van der Waals surface area (Å²) in [6.45, 7) is 2.04. The molecule has 0 aliphatic carbocycles. The molecule has 0 aromatic rings. The van der Waals surface area contributed by atoms with Crippen LogP contribution in [0.1, 0.15) is 19.3 Å². The van der Waals surface area contributed by atoms with E-state index in [4.69, 9.17) is 10.8 Å². The van der Waals surface area contributed by atoms with Crippen LogP contribution in [0.15, 0.2) is 0 Å². The van der Waals surface area contributed by atoms with Crippen LogP contribution in [0.25, 0.3) is 0 Å². The number of carboxylic acid groups (broad SMARTS) is 1. The van der Waals surface area contributed by atoms with E-state index in [2.05, 4.69) is 4.90 Å². The van der Waals surface area contributed by atoms with Gasteiger partial charge in [-0.15, -0.1) is 0 Å². The Bertz CT molecular complexity index is 220. The lowest BCUT2D eigenvalue weighted by molar-refractivity contribution is -0.146. The highest BCUT2D eigenvalue weighted by molar-refractivity contribution is 5.72. The predicted octanol–water partition coefficient (Wildman–Crippen LogP) is -0.117. The third-order valence-electron chi connectivity index (χ3n) is 3.32. The van der Waals surface area contributed by atoms with Crippen molar-refractivity contribution >= 4 is 5.97 Å². The molecule has 0 spiro atoms. The summed E-state index contributed by atoms with van der Waals surface area (Å²) >= 11 is 0. The molecule has 2 saturated heterocycles. The van der Waals surface area contributed by atoms with Crippen LogP contribution < -0.4 is 5.73 Å². The van der Waals surface area contributed by atoms with Gasteiger partial charge < -0.3 is 10.8 Å². The van der Waals surface area contributed by atoms with E-state index in [1.165, 1.54) is 0 Å². The summed E-state index contributed by atoms with van der Waals surface area (Å²) in [6, 6.07) is 0.0677. The average molecular weight is 184 g/mol. The maximum absolute atomic E-state index is 11.0. The number of hydrogen-bond donors (Lipinski definition) is 2. The summed E-state index contributed by atoms with van der Waals surface area (Å²) < 4.78 is 0. The van der Waals surface area contributed by atoms with Gasteiger partial charge in [0, 0.05) is 12.1 Å². The van der Waals surface area contributed by atoms with Gasteiger partial charge in [0.15, 0.2) is 0 Å². The lowest BCUT2D eigenvalue weighted by atomic mass is 9.85. The van der Waals surface area contributed by atoms with Crippen molar-refractivity contribution in [3.05, 3.63) is 0 Å². The molecule has 3 N–H and O–H groups in total. The number of carboxylic acids is 1. The molecule has 0 bridgehead atoms. The highest BCUT2D eigenvalue weighted by atomic mass is 16.4. The van der Waals surface area contributed by atoms with Crippen molar-refractivity contribution in [3.8, 4) is 0 Å². The van der Waals surface area contributed by atoms with Crippen molar-refractivity contribution in [1.82, 2.24) is 4.90 Å². The largest absolute Gasteiger partial charge is 0.481 e. The van der Waals surface area contributed by atoms with Gasteiger partial charge in [-0.3, -0.25) is 9.69 Å². The van der Waals surface area contributed by atoms with Crippen molar-refractivity contribution < 1.29 is 9.90 Å². The Kier molecular flexibility index (Phi) is 2.26. The first kappa shape index (κ1) is 8.97. The molecule has 0 radical (unpaired) electrons. The monoisotopic (exact) mass is 184 g/mol. The molecule has 4 heteroatoms. The first-order chi connectivity index (χ1) is 6.20. The number of nitrogens with two attached hydrogens (primary N) is 1. The average Bonchev–Trinajstić information content (AvgIpc) is 2.50. The number of aliphatic carboxylic acids is 1. The van der Waals surface area contributed by atoms with E-state index in [0.717, 1.165) is 32.4 Å². The van der Waals surface area contributed by atoms with E-state index in [1.807, 2.05) is 0 Å². The maximum atomic E-state index is 11.0. The fourth-order valence-corrected chi connectivity index (χ4v) is 2.66. The number of carbonyl (C=O) groups is 1. The summed E-state index contributed by atoms with van der Waals surface area (Å²) in [5, 5.41) is 9.05. The van der Waals surface area contributed by atoms with Gasteiger partial charge in [-0.25, -0.2) is 0 Å². The number of piperidine rings is 1. The van der Waals surface area contributed by atoms with Crippen molar-refractivity contribution in [2.75, 3.05) is 13.1 Å². The number of hydrogen-bond acceptors (Lipinski definition) is 3. The third kappa shape index (κ3) is 1.44. The van der Waals surface area contributed by atoms with Crippen molar-refractivity contribution in [2.45, 2.75) is 31.3 Å². The van der Waals surface area contributed by atoms with Gasteiger partial charge in [-0.1, -0.05) is 0 Å². The first-order valence-electron chi connectivity index (χ1n) is 4.92.